The summed E-state index contributed by atoms with van der Waals surface area (Å²) in [6.45, 7) is 0. The number of aromatic nitrogens is 1. The largest absolute Gasteiger partial charge is 0.309 e. The van der Waals surface area contributed by atoms with Gasteiger partial charge in [0, 0.05) is 16.5 Å². The average Bonchev–Trinajstić information content (AvgIpc) is 3.61. The molecule has 1 aliphatic rings. The Morgan fingerprint density at radius 3 is 1.14 bits per heavy atom. The average molecular weight is 722 g/mol. The fraction of sp³-hybridized carbons (Fsp3) is 0. The van der Waals surface area contributed by atoms with Gasteiger partial charge in [0.25, 0.3) is 0 Å². The molecule has 10 aromatic carbocycles. The highest BCUT2D eigenvalue weighted by atomic mass is 15.0. The quantitative estimate of drug-likeness (QED) is 0.167. The van der Waals surface area contributed by atoms with Crippen LogP contribution in [0.15, 0.2) is 212 Å². The zero-order valence-corrected chi connectivity index (χ0v) is 31.2. The number of benzene rings is 10. The van der Waals surface area contributed by atoms with Crippen molar-refractivity contribution in [3.05, 3.63) is 212 Å². The van der Waals surface area contributed by atoms with Gasteiger partial charge in [-0.2, -0.15) is 0 Å². The zero-order valence-electron chi connectivity index (χ0n) is 31.2. The molecule has 0 amide bonds. The van der Waals surface area contributed by atoms with E-state index in [0.717, 1.165) is 5.69 Å². The van der Waals surface area contributed by atoms with Gasteiger partial charge in [0.2, 0.25) is 0 Å². The molecule has 0 spiro atoms. The van der Waals surface area contributed by atoms with Gasteiger partial charge in [0.1, 0.15) is 0 Å². The molecule has 1 heterocycles. The second kappa shape index (κ2) is 12.5. The predicted molar refractivity (Wildman–Crippen MR) is 242 cm³/mol. The van der Waals surface area contributed by atoms with E-state index in [2.05, 4.69) is 217 Å². The van der Waals surface area contributed by atoms with Crippen LogP contribution < -0.4 is 0 Å². The number of hydrogen-bond donors (Lipinski definition) is 0. The third-order valence-electron chi connectivity index (χ3n) is 12.1. The van der Waals surface area contributed by atoms with Crippen LogP contribution in [0.2, 0.25) is 0 Å². The number of nitrogens with zero attached hydrogens (tertiary/aromatic N) is 1. The third kappa shape index (κ3) is 4.89. The summed E-state index contributed by atoms with van der Waals surface area (Å²) in [6, 6.07) is 78.0. The molecule has 0 radical (unpaired) electrons. The van der Waals surface area contributed by atoms with Crippen molar-refractivity contribution in [3.8, 4) is 72.4 Å². The summed E-state index contributed by atoms with van der Waals surface area (Å²) in [4.78, 5) is 0. The fourth-order valence-electron chi connectivity index (χ4n) is 9.48. The van der Waals surface area contributed by atoms with Crippen LogP contribution in [0.4, 0.5) is 0 Å². The molecule has 1 aliphatic carbocycles. The molecule has 264 valence electrons. The van der Waals surface area contributed by atoms with E-state index in [9.17, 15) is 0 Å². The molecule has 0 unspecified atom stereocenters. The first-order valence-corrected chi connectivity index (χ1v) is 19.8. The maximum Gasteiger partial charge on any atom is 0.0541 e. The SMILES string of the molecule is c1ccc(-c2ccc3c(c2)c2cc(-c4ccccc4)ccc2n3-c2ccc3cc4c(cc3c2)-c2c-4c(-c3ccccc3)c3ccccc3c2-c2ccccc2)cc1. The first-order valence-electron chi connectivity index (χ1n) is 19.8. The minimum atomic E-state index is 1.16. The molecule has 1 nitrogen and oxygen atoms in total. The Labute approximate surface area is 331 Å². The summed E-state index contributed by atoms with van der Waals surface area (Å²) in [5.74, 6) is 0. The van der Waals surface area contributed by atoms with Crippen molar-refractivity contribution in [2.24, 2.45) is 0 Å². The molecular weight excluding hydrogens is 687 g/mol. The fourth-order valence-corrected chi connectivity index (χ4v) is 9.48. The Morgan fingerprint density at radius 2 is 0.667 bits per heavy atom. The Balaban J connectivity index is 1.09. The van der Waals surface area contributed by atoms with Gasteiger partial charge >= 0.3 is 0 Å². The monoisotopic (exact) mass is 721 g/mol. The van der Waals surface area contributed by atoms with E-state index in [1.165, 1.54) is 110 Å². The van der Waals surface area contributed by atoms with Crippen LogP contribution in [0.5, 0.6) is 0 Å². The van der Waals surface area contributed by atoms with Crippen LogP contribution in [-0.4, -0.2) is 4.57 Å². The third-order valence-corrected chi connectivity index (χ3v) is 12.1. The van der Waals surface area contributed by atoms with Crippen LogP contribution in [-0.2, 0) is 0 Å². The molecule has 11 aromatic rings. The van der Waals surface area contributed by atoms with Crippen molar-refractivity contribution in [1.82, 2.24) is 4.57 Å². The van der Waals surface area contributed by atoms with E-state index in [1.54, 1.807) is 0 Å². The van der Waals surface area contributed by atoms with Crippen molar-refractivity contribution in [2.75, 3.05) is 0 Å². The lowest BCUT2D eigenvalue weighted by Gasteiger charge is -2.32. The standard InChI is InChI=1S/C56H35N/c1-5-15-36(16-6-1)40-26-29-51-47(32-40)48-33-41(37-17-7-2-8-18-37)27-30-52(48)57(51)44-28-25-42-34-49-50(35-43(42)31-44)56-54(39-21-11-4-12-22-39)46-24-14-13-23-45(46)53(55(49)56)38-19-9-3-10-20-38/h1-35H. The van der Waals surface area contributed by atoms with Crippen molar-refractivity contribution in [3.63, 3.8) is 0 Å². The second-order valence-corrected chi connectivity index (χ2v) is 15.2. The van der Waals surface area contributed by atoms with E-state index in [4.69, 9.17) is 0 Å². The summed E-state index contributed by atoms with van der Waals surface area (Å²) in [5, 5.41) is 7.57. The highest BCUT2D eigenvalue weighted by molar-refractivity contribution is 6.26. The van der Waals surface area contributed by atoms with Gasteiger partial charge < -0.3 is 4.57 Å². The van der Waals surface area contributed by atoms with Gasteiger partial charge in [0.15, 0.2) is 0 Å². The Hall–Kier alpha value is -7.48. The lowest BCUT2D eigenvalue weighted by Crippen LogP contribution is -2.05. The van der Waals surface area contributed by atoms with E-state index >= 15 is 0 Å². The Bertz CT molecular complexity index is 3260. The van der Waals surface area contributed by atoms with Crippen LogP contribution in [0.25, 0.3) is 116 Å². The van der Waals surface area contributed by atoms with Crippen LogP contribution in [0, 0.1) is 0 Å². The second-order valence-electron chi connectivity index (χ2n) is 15.2. The molecule has 57 heavy (non-hydrogen) atoms. The Kier molecular flexibility index (Phi) is 7.00. The van der Waals surface area contributed by atoms with Crippen molar-refractivity contribution in [1.29, 1.82) is 0 Å². The maximum absolute atomic E-state index is 2.46. The molecule has 1 heteroatoms. The lowest BCUT2D eigenvalue weighted by atomic mass is 9.70. The summed E-state index contributed by atoms with van der Waals surface area (Å²) in [7, 11) is 0. The highest BCUT2D eigenvalue weighted by Crippen LogP contribution is 2.59. The smallest absolute Gasteiger partial charge is 0.0541 e. The lowest BCUT2D eigenvalue weighted by molar-refractivity contribution is 1.19. The molecule has 12 rings (SSSR count). The molecular formula is C56H35N. The normalized spacial score (nSPS) is 11.9. The van der Waals surface area contributed by atoms with Gasteiger partial charge in [-0.05, 0) is 137 Å². The summed E-state index contributed by atoms with van der Waals surface area (Å²) < 4.78 is 2.46. The van der Waals surface area contributed by atoms with Gasteiger partial charge in [-0.3, -0.25) is 0 Å². The number of rotatable bonds is 5. The predicted octanol–water partition coefficient (Wildman–Crippen LogP) is 15.4. The minimum Gasteiger partial charge on any atom is -0.309 e. The van der Waals surface area contributed by atoms with Crippen molar-refractivity contribution < 1.29 is 0 Å². The molecule has 1 aromatic heterocycles. The van der Waals surface area contributed by atoms with Crippen LogP contribution in [0.3, 0.4) is 0 Å². The van der Waals surface area contributed by atoms with Gasteiger partial charge in [-0.15, -0.1) is 0 Å². The summed E-state index contributed by atoms with van der Waals surface area (Å²) >= 11 is 0. The first-order chi connectivity index (χ1) is 28.3. The molecule has 0 aliphatic heterocycles. The molecule has 0 atom stereocenters. The first kappa shape index (κ1) is 31.8. The maximum atomic E-state index is 2.46. The van der Waals surface area contributed by atoms with Crippen LogP contribution >= 0.6 is 0 Å². The molecule has 0 saturated carbocycles. The van der Waals surface area contributed by atoms with Crippen molar-refractivity contribution in [2.45, 2.75) is 0 Å². The van der Waals surface area contributed by atoms with E-state index in [1.807, 2.05) is 0 Å². The van der Waals surface area contributed by atoms with E-state index in [0.29, 0.717) is 0 Å². The van der Waals surface area contributed by atoms with Gasteiger partial charge in [-0.1, -0.05) is 164 Å². The number of fused-ring (bicyclic) bond motifs is 9. The minimum absolute atomic E-state index is 1.16. The molecule has 0 saturated heterocycles. The topological polar surface area (TPSA) is 4.93 Å². The van der Waals surface area contributed by atoms with Gasteiger partial charge in [-0.25, -0.2) is 0 Å². The van der Waals surface area contributed by atoms with E-state index < -0.39 is 0 Å². The Morgan fingerprint density at radius 1 is 0.246 bits per heavy atom. The van der Waals surface area contributed by atoms with E-state index in [-0.39, 0.29) is 0 Å². The molecule has 0 fully saturated rings. The summed E-state index contributed by atoms with van der Waals surface area (Å²) in [5.41, 5.74) is 18.9. The number of hydrogen-bond acceptors (Lipinski definition) is 0. The highest BCUT2D eigenvalue weighted by Gasteiger charge is 2.32. The molecule has 0 N–H and O–H groups in total. The van der Waals surface area contributed by atoms with Gasteiger partial charge in [0.05, 0.1) is 11.0 Å². The molecule has 0 bridgehead atoms. The van der Waals surface area contributed by atoms with Crippen molar-refractivity contribution >= 4 is 43.4 Å². The van der Waals surface area contributed by atoms with Crippen LogP contribution in [0.1, 0.15) is 0 Å². The zero-order chi connectivity index (χ0) is 37.5. The summed E-state index contributed by atoms with van der Waals surface area (Å²) in [6.07, 6.45) is 0.